The van der Waals surface area contributed by atoms with Crippen molar-refractivity contribution in [1.29, 1.82) is 0 Å². The number of hydrogen-bond donors (Lipinski definition) is 1. The van der Waals surface area contributed by atoms with Gasteiger partial charge in [0.15, 0.2) is 11.8 Å². The Labute approximate surface area is 185 Å². The molecule has 1 aliphatic rings. The molecule has 1 fully saturated rings. The van der Waals surface area contributed by atoms with Crippen LogP contribution in [0.2, 0.25) is 0 Å². The van der Waals surface area contributed by atoms with E-state index < -0.39 is 5.97 Å². The summed E-state index contributed by atoms with van der Waals surface area (Å²) in [6.07, 6.45) is 2.02. The van der Waals surface area contributed by atoms with Gasteiger partial charge < -0.3 is 19.4 Å². The van der Waals surface area contributed by atoms with Crippen LogP contribution in [0.4, 0.5) is 0 Å². The Balaban J connectivity index is 1.32. The SMILES string of the molecule is O=C(COC(=O)CSc1nc2ccccc2n1Cc1ccccc1)NCC1CCCO1. The van der Waals surface area contributed by atoms with Gasteiger partial charge in [-0.1, -0.05) is 54.2 Å². The maximum Gasteiger partial charge on any atom is 0.316 e. The van der Waals surface area contributed by atoms with Crippen LogP contribution in [0.15, 0.2) is 59.8 Å². The van der Waals surface area contributed by atoms with Crippen LogP contribution in [0.1, 0.15) is 18.4 Å². The van der Waals surface area contributed by atoms with Crippen molar-refractivity contribution in [3.05, 3.63) is 60.2 Å². The van der Waals surface area contributed by atoms with E-state index in [-0.39, 0.29) is 24.4 Å². The molecule has 1 atom stereocenters. The minimum atomic E-state index is -0.449. The van der Waals surface area contributed by atoms with Gasteiger partial charge in [0.25, 0.3) is 5.91 Å². The van der Waals surface area contributed by atoms with E-state index in [0.717, 1.165) is 41.2 Å². The molecular formula is C23H25N3O4S. The highest BCUT2D eigenvalue weighted by Gasteiger charge is 2.17. The fraction of sp³-hybridized carbons (Fsp3) is 0.348. The van der Waals surface area contributed by atoms with E-state index in [9.17, 15) is 9.59 Å². The molecule has 1 aliphatic heterocycles. The van der Waals surface area contributed by atoms with E-state index in [1.54, 1.807) is 0 Å². The quantitative estimate of drug-likeness (QED) is 0.408. The van der Waals surface area contributed by atoms with Crippen molar-refractivity contribution in [3.8, 4) is 0 Å². The minimum Gasteiger partial charge on any atom is -0.455 e. The van der Waals surface area contributed by atoms with Crippen LogP contribution >= 0.6 is 11.8 Å². The predicted molar refractivity (Wildman–Crippen MR) is 119 cm³/mol. The zero-order chi connectivity index (χ0) is 21.5. The van der Waals surface area contributed by atoms with Gasteiger partial charge in [-0.05, 0) is 30.5 Å². The van der Waals surface area contributed by atoms with E-state index >= 15 is 0 Å². The van der Waals surface area contributed by atoms with Crippen LogP contribution in [0, 0.1) is 0 Å². The number of rotatable bonds is 9. The lowest BCUT2D eigenvalue weighted by Gasteiger charge is -2.11. The number of thioether (sulfide) groups is 1. The van der Waals surface area contributed by atoms with Crippen molar-refractivity contribution in [2.45, 2.75) is 30.6 Å². The monoisotopic (exact) mass is 439 g/mol. The third-order valence-electron chi connectivity index (χ3n) is 5.04. The second kappa shape index (κ2) is 10.5. The van der Waals surface area contributed by atoms with Crippen molar-refractivity contribution < 1.29 is 19.1 Å². The van der Waals surface area contributed by atoms with E-state index in [0.29, 0.717) is 13.1 Å². The molecule has 1 saturated heterocycles. The first-order chi connectivity index (χ1) is 15.2. The Hall–Kier alpha value is -2.84. The molecule has 1 amide bonds. The molecule has 0 spiro atoms. The fourth-order valence-electron chi connectivity index (χ4n) is 3.48. The summed E-state index contributed by atoms with van der Waals surface area (Å²) in [4.78, 5) is 28.7. The number of para-hydroxylation sites is 2. The Bertz CT molecular complexity index is 1030. The van der Waals surface area contributed by atoms with Gasteiger partial charge in [-0.2, -0.15) is 0 Å². The lowest BCUT2D eigenvalue weighted by molar-refractivity contribution is -0.146. The van der Waals surface area contributed by atoms with Crippen molar-refractivity contribution in [2.75, 3.05) is 25.5 Å². The normalized spacial score (nSPS) is 15.8. The Morgan fingerprint density at radius 2 is 1.97 bits per heavy atom. The molecular weight excluding hydrogens is 414 g/mol. The molecule has 8 heteroatoms. The number of amides is 1. The van der Waals surface area contributed by atoms with Gasteiger partial charge in [0.05, 0.1) is 29.4 Å². The van der Waals surface area contributed by atoms with Gasteiger partial charge in [0.1, 0.15) is 0 Å². The van der Waals surface area contributed by atoms with Crippen LogP contribution in [-0.2, 0) is 25.6 Å². The highest BCUT2D eigenvalue weighted by molar-refractivity contribution is 7.99. The molecule has 31 heavy (non-hydrogen) atoms. The Morgan fingerprint density at radius 1 is 1.16 bits per heavy atom. The average molecular weight is 440 g/mol. The Morgan fingerprint density at radius 3 is 2.77 bits per heavy atom. The molecule has 2 aromatic carbocycles. The van der Waals surface area contributed by atoms with Crippen molar-refractivity contribution in [3.63, 3.8) is 0 Å². The molecule has 2 heterocycles. The van der Waals surface area contributed by atoms with E-state index in [1.807, 2.05) is 42.5 Å². The number of carbonyl (C=O) groups is 2. The lowest BCUT2D eigenvalue weighted by Crippen LogP contribution is -2.35. The summed E-state index contributed by atoms with van der Waals surface area (Å²) in [6, 6.07) is 18.0. The summed E-state index contributed by atoms with van der Waals surface area (Å²) in [5, 5.41) is 3.48. The second-order valence-electron chi connectivity index (χ2n) is 7.34. The summed E-state index contributed by atoms with van der Waals surface area (Å²) >= 11 is 1.31. The molecule has 1 aromatic heterocycles. The van der Waals surface area contributed by atoms with Crippen LogP contribution in [0.5, 0.6) is 0 Å². The number of fused-ring (bicyclic) bond motifs is 1. The average Bonchev–Trinajstić information content (AvgIpc) is 3.44. The van der Waals surface area contributed by atoms with Gasteiger partial charge in [0, 0.05) is 13.2 Å². The van der Waals surface area contributed by atoms with E-state index in [1.165, 1.54) is 11.8 Å². The van der Waals surface area contributed by atoms with Crippen molar-refractivity contribution >= 4 is 34.7 Å². The number of ether oxygens (including phenoxy) is 2. The number of esters is 1. The van der Waals surface area contributed by atoms with Gasteiger partial charge in [-0.3, -0.25) is 9.59 Å². The topological polar surface area (TPSA) is 82.5 Å². The Kier molecular flexibility index (Phi) is 7.22. The van der Waals surface area contributed by atoms with Gasteiger partial charge >= 0.3 is 5.97 Å². The molecule has 7 nitrogen and oxygen atoms in total. The van der Waals surface area contributed by atoms with Gasteiger partial charge in [0.2, 0.25) is 0 Å². The number of nitrogens with one attached hydrogen (secondary N) is 1. The molecule has 0 radical (unpaired) electrons. The van der Waals surface area contributed by atoms with Crippen molar-refractivity contribution in [2.24, 2.45) is 0 Å². The number of imidazole rings is 1. The molecule has 4 rings (SSSR count). The summed E-state index contributed by atoms with van der Waals surface area (Å²) < 4.78 is 12.7. The summed E-state index contributed by atoms with van der Waals surface area (Å²) in [5.41, 5.74) is 3.04. The first-order valence-electron chi connectivity index (χ1n) is 10.3. The number of nitrogens with zero attached hydrogens (tertiary/aromatic N) is 2. The lowest BCUT2D eigenvalue weighted by atomic mass is 10.2. The summed E-state index contributed by atoms with van der Waals surface area (Å²) in [7, 11) is 0. The van der Waals surface area contributed by atoms with E-state index in [4.69, 9.17) is 9.47 Å². The van der Waals surface area contributed by atoms with Gasteiger partial charge in [-0.25, -0.2) is 4.98 Å². The molecule has 1 unspecified atom stereocenters. The standard InChI is InChI=1S/C23H25N3O4S/c27-21(24-13-18-9-6-12-29-18)15-30-22(28)16-31-23-25-19-10-4-5-11-20(19)26(23)14-17-7-2-1-3-8-17/h1-5,7-8,10-11,18H,6,9,12-16H2,(H,24,27). The smallest absolute Gasteiger partial charge is 0.316 e. The molecule has 0 aliphatic carbocycles. The first kappa shape index (κ1) is 21.4. The predicted octanol–water partition coefficient (Wildman–Crippen LogP) is 3.02. The zero-order valence-electron chi connectivity index (χ0n) is 17.2. The summed E-state index contributed by atoms with van der Waals surface area (Å²) in [6.45, 7) is 1.56. The number of aromatic nitrogens is 2. The van der Waals surface area contributed by atoms with Crippen LogP contribution in [0.3, 0.4) is 0 Å². The molecule has 0 saturated carbocycles. The summed E-state index contributed by atoms with van der Waals surface area (Å²) in [5.74, 6) is -0.683. The fourth-order valence-corrected chi connectivity index (χ4v) is 4.29. The number of benzene rings is 2. The third kappa shape index (κ3) is 5.86. The highest BCUT2D eigenvalue weighted by atomic mass is 32.2. The zero-order valence-corrected chi connectivity index (χ0v) is 18.0. The van der Waals surface area contributed by atoms with E-state index in [2.05, 4.69) is 27.0 Å². The maximum atomic E-state index is 12.2. The van der Waals surface area contributed by atoms with Gasteiger partial charge in [-0.15, -0.1) is 0 Å². The number of hydrogen-bond acceptors (Lipinski definition) is 6. The minimum absolute atomic E-state index is 0.0628. The highest BCUT2D eigenvalue weighted by Crippen LogP contribution is 2.25. The second-order valence-corrected chi connectivity index (χ2v) is 8.29. The van der Waals surface area contributed by atoms with Crippen LogP contribution in [-0.4, -0.2) is 53.0 Å². The molecule has 1 N–H and O–H groups in total. The third-order valence-corrected chi connectivity index (χ3v) is 5.99. The van der Waals surface area contributed by atoms with Crippen LogP contribution < -0.4 is 5.32 Å². The largest absolute Gasteiger partial charge is 0.455 e. The van der Waals surface area contributed by atoms with Crippen LogP contribution in [0.25, 0.3) is 11.0 Å². The van der Waals surface area contributed by atoms with Crippen molar-refractivity contribution in [1.82, 2.24) is 14.9 Å². The number of carbonyl (C=O) groups excluding carboxylic acids is 2. The molecule has 0 bridgehead atoms. The molecule has 3 aromatic rings. The maximum absolute atomic E-state index is 12.2. The first-order valence-corrected chi connectivity index (χ1v) is 11.3. The molecule has 162 valence electrons.